The van der Waals surface area contributed by atoms with Crippen LogP contribution in [0.1, 0.15) is 12.0 Å². The van der Waals surface area contributed by atoms with Crippen molar-refractivity contribution in [3.8, 4) is 6.07 Å². The van der Waals surface area contributed by atoms with E-state index in [9.17, 15) is 9.90 Å². The van der Waals surface area contributed by atoms with Gasteiger partial charge in [0.05, 0.1) is 24.2 Å². The molecule has 0 saturated heterocycles. The standard InChI is InChI=1S/C13H12N2O3/c14-7-9-2-1-3-12-11(9)4-5-15(12)8-10(16)6-13(17)18/h1-5,10,16H,6,8H2,(H,17,18). The topological polar surface area (TPSA) is 86.3 Å². The first-order valence-corrected chi connectivity index (χ1v) is 5.49. The van der Waals surface area contributed by atoms with Crippen LogP contribution >= 0.6 is 0 Å². The average Bonchev–Trinajstić information content (AvgIpc) is 2.71. The Morgan fingerprint density at radius 1 is 1.44 bits per heavy atom. The van der Waals surface area contributed by atoms with Gasteiger partial charge < -0.3 is 14.8 Å². The first-order valence-electron chi connectivity index (χ1n) is 5.49. The maximum Gasteiger partial charge on any atom is 0.306 e. The van der Waals surface area contributed by atoms with Gasteiger partial charge >= 0.3 is 5.97 Å². The summed E-state index contributed by atoms with van der Waals surface area (Å²) >= 11 is 0. The summed E-state index contributed by atoms with van der Waals surface area (Å²) in [6, 6.07) is 9.22. The molecule has 0 saturated carbocycles. The largest absolute Gasteiger partial charge is 0.481 e. The highest BCUT2D eigenvalue weighted by atomic mass is 16.4. The molecule has 2 N–H and O–H groups in total. The Hall–Kier alpha value is -2.32. The van der Waals surface area contributed by atoms with Crippen LogP contribution in [-0.4, -0.2) is 26.9 Å². The monoisotopic (exact) mass is 244 g/mol. The Labute approximate surface area is 103 Å². The lowest BCUT2D eigenvalue weighted by Gasteiger charge is -2.10. The summed E-state index contributed by atoms with van der Waals surface area (Å²) in [5, 5.41) is 28.0. The summed E-state index contributed by atoms with van der Waals surface area (Å²) < 4.78 is 1.75. The number of aromatic nitrogens is 1. The minimum Gasteiger partial charge on any atom is -0.481 e. The van der Waals surface area contributed by atoms with Crippen LogP contribution in [0.5, 0.6) is 0 Å². The first-order chi connectivity index (χ1) is 8.61. The van der Waals surface area contributed by atoms with E-state index in [4.69, 9.17) is 10.4 Å². The summed E-state index contributed by atoms with van der Waals surface area (Å²) in [7, 11) is 0. The molecule has 1 atom stereocenters. The van der Waals surface area contributed by atoms with E-state index in [0.717, 1.165) is 10.9 Å². The van der Waals surface area contributed by atoms with Gasteiger partial charge in [0.25, 0.3) is 0 Å². The molecule has 0 aliphatic carbocycles. The number of hydrogen-bond acceptors (Lipinski definition) is 3. The number of carboxylic acids is 1. The highest BCUT2D eigenvalue weighted by Gasteiger charge is 2.12. The van der Waals surface area contributed by atoms with Crippen LogP contribution in [0.15, 0.2) is 30.5 Å². The SMILES string of the molecule is N#Cc1cccc2c1ccn2CC(O)CC(=O)O. The second kappa shape index (κ2) is 4.90. The summed E-state index contributed by atoms with van der Waals surface area (Å²) in [5.41, 5.74) is 1.39. The quantitative estimate of drug-likeness (QED) is 0.849. The number of benzene rings is 1. The minimum absolute atomic E-state index is 0.199. The van der Waals surface area contributed by atoms with E-state index in [1.165, 1.54) is 0 Å². The molecule has 0 aliphatic heterocycles. The van der Waals surface area contributed by atoms with Gasteiger partial charge in [-0.2, -0.15) is 5.26 Å². The third-order valence-corrected chi connectivity index (χ3v) is 2.75. The van der Waals surface area contributed by atoms with Gasteiger partial charge in [-0.25, -0.2) is 0 Å². The van der Waals surface area contributed by atoms with Gasteiger partial charge in [-0.1, -0.05) is 6.07 Å². The Bertz CT molecular complexity index is 625. The van der Waals surface area contributed by atoms with Crippen molar-refractivity contribution >= 4 is 16.9 Å². The van der Waals surface area contributed by atoms with Crippen LogP contribution in [-0.2, 0) is 11.3 Å². The second-order valence-corrected chi connectivity index (χ2v) is 4.07. The number of hydrogen-bond donors (Lipinski definition) is 2. The van der Waals surface area contributed by atoms with E-state index >= 15 is 0 Å². The summed E-state index contributed by atoms with van der Waals surface area (Å²) in [4.78, 5) is 10.5. The zero-order chi connectivity index (χ0) is 13.1. The van der Waals surface area contributed by atoms with Crippen molar-refractivity contribution < 1.29 is 15.0 Å². The molecule has 2 rings (SSSR count). The summed E-state index contributed by atoms with van der Waals surface area (Å²) in [5.74, 6) is -1.03. The third-order valence-electron chi connectivity index (χ3n) is 2.75. The van der Waals surface area contributed by atoms with E-state index in [1.54, 1.807) is 29.0 Å². The molecule has 1 unspecified atom stereocenters. The number of nitriles is 1. The molecule has 92 valence electrons. The van der Waals surface area contributed by atoms with Gasteiger partial charge in [-0.15, -0.1) is 0 Å². The molecule has 0 radical (unpaired) electrons. The van der Waals surface area contributed by atoms with Gasteiger partial charge in [-0.05, 0) is 18.2 Å². The molecule has 5 heteroatoms. The maximum absolute atomic E-state index is 10.5. The number of fused-ring (bicyclic) bond motifs is 1. The van der Waals surface area contributed by atoms with Gasteiger partial charge in [0.1, 0.15) is 0 Å². The predicted octanol–water partition coefficient (Wildman–Crippen LogP) is 1.35. The lowest BCUT2D eigenvalue weighted by molar-refractivity contribution is -0.139. The highest BCUT2D eigenvalue weighted by Crippen LogP contribution is 2.20. The Balaban J connectivity index is 2.30. The molecule has 5 nitrogen and oxygen atoms in total. The number of aliphatic hydroxyl groups is 1. The Morgan fingerprint density at radius 3 is 2.89 bits per heavy atom. The van der Waals surface area contributed by atoms with Gasteiger partial charge in [0, 0.05) is 23.6 Å². The summed E-state index contributed by atoms with van der Waals surface area (Å²) in [6.45, 7) is 0.199. The van der Waals surface area contributed by atoms with Crippen molar-refractivity contribution in [2.75, 3.05) is 0 Å². The van der Waals surface area contributed by atoms with Crippen LogP contribution in [0.4, 0.5) is 0 Å². The zero-order valence-electron chi connectivity index (χ0n) is 9.58. The van der Waals surface area contributed by atoms with Crippen LogP contribution in [0.25, 0.3) is 10.9 Å². The molecule has 1 heterocycles. The van der Waals surface area contributed by atoms with Crippen molar-refractivity contribution in [2.24, 2.45) is 0 Å². The van der Waals surface area contributed by atoms with Crippen LogP contribution in [0.2, 0.25) is 0 Å². The Morgan fingerprint density at radius 2 is 2.22 bits per heavy atom. The normalized spacial score (nSPS) is 12.2. The van der Waals surface area contributed by atoms with E-state index in [1.807, 2.05) is 6.07 Å². The molecule has 0 fully saturated rings. The van der Waals surface area contributed by atoms with Crippen LogP contribution in [0, 0.1) is 11.3 Å². The van der Waals surface area contributed by atoms with Crippen LogP contribution < -0.4 is 0 Å². The van der Waals surface area contributed by atoms with Crippen LogP contribution in [0.3, 0.4) is 0 Å². The third kappa shape index (κ3) is 2.34. The average molecular weight is 244 g/mol. The Kier molecular flexibility index (Phi) is 3.31. The van der Waals surface area contributed by atoms with E-state index in [2.05, 4.69) is 6.07 Å². The number of aliphatic hydroxyl groups excluding tert-OH is 1. The molecule has 0 aliphatic rings. The molecule has 2 aromatic rings. The molecular formula is C13H12N2O3. The maximum atomic E-state index is 10.5. The number of aliphatic carboxylic acids is 1. The minimum atomic E-state index is -1.03. The zero-order valence-corrected chi connectivity index (χ0v) is 9.58. The predicted molar refractivity (Wildman–Crippen MR) is 64.9 cm³/mol. The number of carbonyl (C=O) groups is 1. The van der Waals surface area contributed by atoms with Gasteiger partial charge in [0.2, 0.25) is 0 Å². The molecule has 0 spiro atoms. The van der Waals surface area contributed by atoms with Crippen molar-refractivity contribution in [3.05, 3.63) is 36.0 Å². The lowest BCUT2D eigenvalue weighted by atomic mass is 10.1. The molecule has 1 aromatic heterocycles. The van der Waals surface area contributed by atoms with Crippen molar-refractivity contribution in [2.45, 2.75) is 19.1 Å². The van der Waals surface area contributed by atoms with Crippen molar-refractivity contribution in [3.63, 3.8) is 0 Å². The van der Waals surface area contributed by atoms with Gasteiger partial charge in [0.15, 0.2) is 0 Å². The number of rotatable bonds is 4. The van der Waals surface area contributed by atoms with Crippen molar-refractivity contribution in [1.29, 1.82) is 5.26 Å². The molecule has 1 aromatic carbocycles. The van der Waals surface area contributed by atoms with E-state index < -0.39 is 12.1 Å². The van der Waals surface area contributed by atoms with E-state index in [0.29, 0.717) is 5.56 Å². The van der Waals surface area contributed by atoms with E-state index in [-0.39, 0.29) is 13.0 Å². The van der Waals surface area contributed by atoms with Gasteiger partial charge in [-0.3, -0.25) is 4.79 Å². The number of nitrogens with zero attached hydrogens (tertiary/aromatic N) is 2. The first kappa shape index (κ1) is 12.1. The molecule has 0 amide bonds. The summed E-state index contributed by atoms with van der Waals surface area (Å²) in [6.07, 6.45) is 0.512. The fourth-order valence-electron chi connectivity index (χ4n) is 1.97. The molecular weight excluding hydrogens is 232 g/mol. The highest BCUT2D eigenvalue weighted by molar-refractivity contribution is 5.86. The number of carboxylic acid groups (broad SMARTS) is 1. The van der Waals surface area contributed by atoms with Crippen molar-refractivity contribution in [1.82, 2.24) is 4.57 Å². The smallest absolute Gasteiger partial charge is 0.306 e. The fraction of sp³-hybridized carbons (Fsp3) is 0.231. The fourth-order valence-corrected chi connectivity index (χ4v) is 1.97. The second-order valence-electron chi connectivity index (χ2n) is 4.07. The molecule has 18 heavy (non-hydrogen) atoms. The lowest BCUT2D eigenvalue weighted by Crippen LogP contribution is -2.19. The molecule has 0 bridgehead atoms.